The molecule has 8 heteroatoms. The Balaban J connectivity index is 1.58. The second-order valence-electron chi connectivity index (χ2n) is 7.93. The van der Waals surface area contributed by atoms with E-state index in [4.69, 9.17) is 14.2 Å². The van der Waals surface area contributed by atoms with E-state index in [-0.39, 0.29) is 23.9 Å². The van der Waals surface area contributed by atoms with Crippen LogP contribution in [-0.4, -0.2) is 69.2 Å². The van der Waals surface area contributed by atoms with E-state index in [0.29, 0.717) is 43.2 Å². The molecule has 1 aromatic rings. The number of ether oxygens (including phenoxy) is 3. The summed E-state index contributed by atoms with van der Waals surface area (Å²) in [5, 5.41) is 3.10. The molecule has 0 radical (unpaired) electrons. The molecule has 3 amide bonds. The third kappa shape index (κ3) is 4.74. The van der Waals surface area contributed by atoms with Crippen molar-refractivity contribution >= 4 is 11.9 Å². The van der Waals surface area contributed by atoms with Crippen molar-refractivity contribution < 1.29 is 23.8 Å². The minimum atomic E-state index is -0.213. The van der Waals surface area contributed by atoms with Crippen LogP contribution >= 0.6 is 0 Å². The van der Waals surface area contributed by atoms with Crippen molar-refractivity contribution in [1.82, 2.24) is 15.1 Å². The molecule has 0 aromatic heterocycles. The van der Waals surface area contributed by atoms with Crippen molar-refractivity contribution in [3.05, 3.63) is 17.7 Å². The highest BCUT2D eigenvalue weighted by molar-refractivity contribution is 5.80. The molecule has 2 heterocycles. The van der Waals surface area contributed by atoms with Crippen molar-refractivity contribution in [2.45, 2.75) is 38.6 Å². The standard InChI is InChI=1S/C22H33N3O5/c1-15(17-13-18(28-2)20(30-4)19(14-17)29-3)23-21(26)16-7-11-25(12-8-16)22(27)24-9-5-6-10-24/h13-16H,5-12H2,1-4H3,(H,23,26). The minimum absolute atomic E-state index is 0.0181. The molecule has 1 aromatic carbocycles. The summed E-state index contributed by atoms with van der Waals surface area (Å²) in [6.45, 7) is 4.90. The Bertz CT molecular complexity index is 730. The molecule has 0 aliphatic carbocycles. The van der Waals surface area contributed by atoms with E-state index in [1.165, 1.54) is 0 Å². The zero-order valence-corrected chi connectivity index (χ0v) is 18.4. The number of likely N-dealkylation sites (tertiary alicyclic amines) is 2. The van der Waals surface area contributed by atoms with Gasteiger partial charge in [0.25, 0.3) is 0 Å². The number of urea groups is 1. The second kappa shape index (κ2) is 9.91. The van der Waals surface area contributed by atoms with Gasteiger partial charge in [-0.15, -0.1) is 0 Å². The van der Waals surface area contributed by atoms with Crippen LogP contribution in [0, 0.1) is 5.92 Å². The Hall–Kier alpha value is -2.64. The lowest BCUT2D eigenvalue weighted by molar-refractivity contribution is -0.127. The van der Waals surface area contributed by atoms with Gasteiger partial charge in [0.15, 0.2) is 11.5 Å². The van der Waals surface area contributed by atoms with E-state index in [9.17, 15) is 9.59 Å². The molecule has 2 saturated heterocycles. The summed E-state index contributed by atoms with van der Waals surface area (Å²) in [6, 6.07) is 3.61. The minimum Gasteiger partial charge on any atom is -0.493 e. The van der Waals surface area contributed by atoms with Crippen LogP contribution in [0.1, 0.15) is 44.2 Å². The number of benzene rings is 1. The molecular weight excluding hydrogens is 386 g/mol. The SMILES string of the molecule is COc1cc(C(C)NC(=O)C2CCN(C(=O)N3CCCC3)CC2)cc(OC)c1OC. The van der Waals surface area contributed by atoms with E-state index in [1.807, 2.05) is 28.9 Å². The number of methoxy groups -OCH3 is 3. The fourth-order valence-corrected chi connectivity index (χ4v) is 4.21. The highest BCUT2D eigenvalue weighted by Gasteiger charge is 2.31. The van der Waals surface area contributed by atoms with Gasteiger partial charge in [-0.2, -0.15) is 0 Å². The Morgan fingerprint density at radius 3 is 1.97 bits per heavy atom. The van der Waals surface area contributed by atoms with E-state index in [2.05, 4.69) is 5.32 Å². The van der Waals surface area contributed by atoms with Crippen molar-refractivity contribution in [2.75, 3.05) is 47.5 Å². The average Bonchev–Trinajstić information content (AvgIpc) is 3.32. The zero-order chi connectivity index (χ0) is 21.7. The summed E-state index contributed by atoms with van der Waals surface area (Å²) < 4.78 is 16.2. The maximum atomic E-state index is 12.8. The van der Waals surface area contributed by atoms with Crippen LogP contribution < -0.4 is 19.5 Å². The molecule has 1 atom stereocenters. The number of nitrogens with zero attached hydrogens (tertiary/aromatic N) is 2. The number of hydrogen-bond acceptors (Lipinski definition) is 5. The first-order valence-electron chi connectivity index (χ1n) is 10.6. The number of carbonyl (C=O) groups excluding carboxylic acids is 2. The van der Waals surface area contributed by atoms with Crippen molar-refractivity contribution in [3.63, 3.8) is 0 Å². The third-order valence-electron chi connectivity index (χ3n) is 6.06. The van der Waals surface area contributed by atoms with Crippen LogP contribution in [0.5, 0.6) is 17.2 Å². The number of piperidine rings is 1. The van der Waals surface area contributed by atoms with Crippen LogP contribution in [0.25, 0.3) is 0 Å². The average molecular weight is 420 g/mol. The molecule has 2 aliphatic heterocycles. The molecule has 0 spiro atoms. The molecule has 1 unspecified atom stereocenters. The van der Waals surface area contributed by atoms with Gasteiger partial charge in [0.2, 0.25) is 11.7 Å². The van der Waals surface area contributed by atoms with E-state index in [0.717, 1.165) is 31.5 Å². The summed E-state index contributed by atoms with van der Waals surface area (Å²) in [7, 11) is 4.70. The number of amides is 3. The first kappa shape index (κ1) is 22.1. The van der Waals surface area contributed by atoms with Gasteiger partial charge in [-0.25, -0.2) is 4.79 Å². The lowest BCUT2D eigenvalue weighted by atomic mass is 9.95. The molecule has 0 bridgehead atoms. The maximum absolute atomic E-state index is 12.8. The van der Waals surface area contributed by atoms with Crippen molar-refractivity contribution in [2.24, 2.45) is 5.92 Å². The molecule has 166 valence electrons. The van der Waals surface area contributed by atoms with Gasteiger partial charge in [-0.05, 0) is 50.3 Å². The summed E-state index contributed by atoms with van der Waals surface area (Å²) >= 11 is 0. The quantitative estimate of drug-likeness (QED) is 0.767. The fraction of sp³-hybridized carbons (Fsp3) is 0.636. The number of nitrogens with one attached hydrogen (secondary N) is 1. The number of carbonyl (C=O) groups is 2. The van der Waals surface area contributed by atoms with Crippen molar-refractivity contribution in [3.8, 4) is 17.2 Å². The van der Waals surface area contributed by atoms with E-state index in [1.54, 1.807) is 21.3 Å². The number of rotatable bonds is 6. The van der Waals surface area contributed by atoms with Crippen molar-refractivity contribution in [1.29, 1.82) is 0 Å². The lowest BCUT2D eigenvalue weighted by Gasteiger charge is -2.34. The molecule has 1 N–H and O–H groups in total. The molecule has 2 fully saturated rings. The molecule has 8 nitrogen and oxygen atoms in total. The summed E-state index contributed by atoms with van der Waals surface area (Å²) in [5.74, 6) is 1.57. The molecule has 30 heavy (non-hydrogen) atoms. The Morgan fingerprint density at radius 2 is 1.47 bits per heavy atom. The van der Waals surface area contributed by atoms with Crippen LogP contribution in [-0.2, 0) is 4.79 Å². The van der Waals surface area contributed by atoms with Gasteiger partial charge in [-0.3, -0.25) is 4.79 Å². The lowest BCUT2D eigenvalue weighted by Crippen LogP contribution is -2.47. The fourth-order valence-electron chi connectivity index (χ4n) is 4.21. The summed E-state index contributed by atoms with van der Waals surface area (Å²) in [5.41, 5.74) is 0.875. The largest absolute Gasteiger partial charge is 0.493 e. The van der Waals surface area contributed by atoms with E-state index >= 15 is 0 Å². The molecule has 0 saturated carbocycles. The first-order valence-corrected chi connectivity index (χ1v) is 10.6. The Kier molecular flexibility index (Phi) is 7.29. The Morgan fingerprint density at radius 1 is 0.933 bits per heavy atom. The van der Waals surface area contributed by atoms with Gasteiger partial charge in [0.1, 0.15) is 0 Å². The Labute approximate surface area is 178 Å². The number of hydrogen-bond donors (Lipinski definition) is 1. The van der Waals surface area contributed by atoms with Crippen LogP contribution in [0.3, 0.4) is 0 Å². The van der Waals surface area contributed by atoms with Gasteiger partial charge in [0.05, 0.1) is 27.4 Å². The van der Waals surface area contributed by atoms with E-state index < -0.39 is 0 Å². The smallest absolute Gasteiger partial charge is 0.319 e. The van der Waals surface area contributed by atoms with Gasteiger partial charge in [0, 0.05) is 32.1 Å². The van der Waals surface area contributed by atoms with Gasteiger partial charge < -0.3 is 29.3 Å². The molecular formula is C22H33N3O5. The predicted octanol–water partition coefficient (Wildman–Crippen LogP) is 2.82. The highest BCUT2D eigenvalue weighted by Crippen LogP contribution is 2.39. The third-order valence-corrected chi connectivity index (χ3v) is 6.06. The van der Waals surface area contributed by atoms with Crippen LogP contribution in [0.4, 0.5) is 4.79 Å². The predicted molar refractivity (Wildman–Crippen MR) is 113 cm³/mol. The normalized spacial score (nSPS) is 18.1. The topological polar surface area (TPSA) is 80.3 Å². The maximum Gasteiger partial charge on any atom is 0.319 e. The molecule has 2 aliphatic rings. The van der Waals surface area contributed by atoms with Gasteiger partial charge in [-0.1, -0.05) is 0 Å². The van der Waals surface area contributed by atoms with Gasteiger partial charge >= 0.3 is 6.03 Å². The molecule has 3 rings (SSSR count). The summed E-state index contributed by atoms with van der Waals surface area (Å²) in [4.78, 5) is 29.2. The van der Waals surface area contributed by atoms with Crippen LogP contribution in [0.15, 0.2) is 12.1 Å². The first-order chi connectivity index (χ1) is 14.5. The monoisotopic (exact) mass is 419 g/mol. The zero-order valence-electron chi connectivity index (χ0n) is 18.4. The summed E-state index contributed by atoms with van der Waals surface area (Å²) in [6.07, 6.45) is 3.55. The van der Waals surface area contributed by atoms with Crippen LogP contribution in [0.2, 0.25) is 0 Å². The second-order valence-corrected chi connectivity index (χ2v) is 7.93. The highest BCUT2D eigenvalue weighted by atomic mass is 16.5.